The molecule has 0 radical (unpaired) electrons. The van der Waals surface area contributed by atoms with Crippen molar-refractivity contribution in [3.63, 3.8) is 0 Å². The van der Waals surface area contributed by atoms with Gasteiger partial charge in [0.2, 0.25) is 17.7 Å². The highest BCUT2D eigenvalue weighted by atomic mass is 32.2. The van der Waals surface area contributed by atoms with Gasteiger partial charge in [0.15, 0.2) is 0 Å². The number of rotatable bonds is 12. The molecule has 2 bridgehead atoms. The van der Waals surface area contributed by atoms with Gasteiger partial charge in [-0.05, 0) is 31.2 Å². The average molecular weight is 554 g/mol. The van der Waals surface area contributed by atoms with E-state index in [0.29, 0.717) is 26.1 Å². The van der Waals surface area contributed by atoms with Gasteiger partial charge in [-0.1, -0.05) is 62.8 Å². The van der Waals surface area contributed by atoms with Gasteiger partial charge in [0.1, 0.15) is 6.04 Å². The summed E-state index contributed by atoms with van der Waals surface area (Å²) in [5.74, 6) is -1.55. The molecule has 3 amide bonds. The van der Waals surface area contributed by atoms with Crippen LogP contribution in [-0.4, -0.2) is 85.8 Å². The fourth-order valence-electron chi connectivity index (χ4n) is 7.08. The Morgan fingerprint density at radius 3 is 2.44 bits per heavy atom. The maximum atomic E-state index is 14.7. The molecule has 3 aliphatic rings. The molecule has 3 saturated heterocycles. The molecule has 4 rings (SSSR count). The van der Waals surface area contributed by atoms with Crippen LogP contribution >= 0.6 is 11.8 Å². The van der Waals surface area contributed by atoms with Crippen LogP contribution in [0, 0.1) is 17.8 Å². The minimum Gasteiger partial charge on any atom is -0.394 e. The number of nitrogens with zero attached hydrogens (tertiary/aromatic N) is 3. The summed E-state index contributed by atoms with van der Waals surface area (Å²) in [5.41, 5.74) is 0.993. The molecule has 0 aromatic heterocycles. The fraction of sp³-hybridized carbons (Fsp3) is 0.581. The van der Waals surface area contributed by atoms with Gasteiger partial charge in [0.25, 0.3) is 0 Å². The quantitative estimate of drug-likeness (QED) is 0.399. The minimum atomic E-state index is -0.765. The minimum absolute atomic E-state index is 0.0122. The summed E-state index contributed by atoms with van der Waals surface area (Å²) in [4.78, 5) is 48.1. The number of aliphatic hydroxyl groups excluding tert-OH is 1. The number of carbonyl (C=O) groups excluding carboxylic acids is 3. The first-order valence-corrected chi connectivity index (χ1v) is 14.8. The summed E-state index contributed by atoms with van der Waals surface area (Å²) in [6.07, 6.45) is 5.59. The van der Waals surface area contributed by atoms with Gasteiger partial charge in [-0.2, -0.15) is 0 Å². The van der Waals surface area contributed by atoms with Gasteiger partial charge in [-0.3, -0.25) is 14.4 Å². The van der Waals surface area contributed by atoms with Crippen LogP contribution in [0.4, 0.5) is 0 Å². The van der Waals surface area contributed by atoms with Crippen LogP contribution in [0.25, 0.3) is 0 Å². The zero-order valence-electron chi connectivity index (χ0n) is 23.7. The summed E-state index contributed by atoms with van der Waals surface area (Å²) < 4.78 is -1.17. The maximum Gasteiger partial charge on any atom is 0.247 e. The standard InChI is InChI=1S/C31H43N3O4S/c1-7-17-32(6)27(36)24-25-28(37)34(23(20-35)21(4)9-3)26(31(25)16-15-30(24,5)39-31)29(38)33(18-8-2)19-22-13-11-10-12-14-22/h7-8,10-14,21,23-26,35H,1-2,9,15-20H2,3-6H3/t21-,23-,24+,25-,26?,30-,31?/m0/s1. The molecule has 7 nitrogen and oxygen atoms in total. The Bertz CT molecular complexity index is 1110. The summed E-state index contributed by atoms with van der Waals surface area (Å²) in [6.45, 7) is 14.7. The summed E-state index contributed by atoms with van der Waals surface area (Å²) in [5, 5.41) is 10.6. The van der Waals surface area contributed by atoms with E-state index in [1.54, 1.807) is 45.7 Å². The van der Waals surface area contributed by atoms with E-state index >= 15 is 0 Å². The van der Waals surface area contributed by atoms with Gasteiger partial charge in [-0.15, -0.1) is 24.9 Å². The van der Waals surface area contributed by atoms with Crippen LogP contribution in [0.15, 0.2) is 55.6 Å². The molecule has 1 aromatic carbocycles. The van der Waals surface area contributed by atoms with Crippen molar-refractivity contribution >= 4 is 29.5 Å². The van der Waals surface area contributed by atoms with E-state index in [1.165, 1.54) is 0 Å². The number of thioether (sulfide) groups is 1. The highest BCUT2D eigenvalue weighted by Gasteiger charge is 2.78. The molecule has 2 unspecified atom stereocenters. The summed E-state index contributed by atoms with van der Waals surface area (Å²) in [7, 11) is 1.75. The third kappa shape index (κ3) is 4.84. The van der Waals surface area contributed by atoms with E-state index in [9.17, 15) is 19.5 Å². The number of hydrogen-bond donors (Lipinski definition) is 1. The molecule has 3 heterocycles. The lowest BCUT2D eigenvalue weighted by molar-refractivity contribution is -0.148. The fourth-order valence-corrected chi connectivity index (χ4v) is 9.41. The van der Waals surface area contributed by atoms with E-state index < -0.39 is 33.4 Å². The van der Waals surface area contributed by atoms with Crippen molar-refractivity contribution in [3.8, 4) is 0 Å². The Labute approximate surface area is 237 Å². The molecule has 0 saturated carbocycles. The van der Waals surface area contributed by atoms with Crippen molar-refractivity contribution in [2.24, 2.45) is 17.8 Å². The summed E-state index contributed by atoms with van der Waals surface area (Å²) >= 11 is 1.67. The van der Waals surface area contributed by atoms with Gasteiger partial charge < -0.3 is 19.8 Å². The smallest absolute Gasteiger partial charge is 0.247 e. The Morgan fingerprint density at radius 1 is 1.18 bits per heavy atom. The maximum absolute atomic E-state index is 14.7. The van der Waals surface area contributed by atoms with Crippen molar-refractivity contribution in [1.29, 1.82) is 0 Å². The number of hydrogen-bond acceptors (Lipinski definition) is 5. The first kappa shape index (κ1) is 29.4. The normalized spacial score (nSPS) is 30.5. The molecular formula is C31H43N3O4S. The van der Waals surface area contributed by atoms with Crippen LogP contribution in [0.3, 0.4) is 0 Å². The van der Waals surface area contributed by atoms with E-state index in [4.69, 9.17) is 0 Å². The third-order valence-corrected chi connectivity index (χ3v) is 11.2. The van der Waals surface area contributed by atoms with E-state index in [2.05, 4.69) is 20.1 Å². The molecule has 1 spiro atoms. The molecule has 3 fully saturated rings. The lowest BCUT2D eigenvalue weighted by Crippen LogP contribution is -2.58. The molecule has 7 atom stereocenters. The Hall–Kier alpha value is -2.58. The molecule has 3 aliphatic heterocycles. The SMILES string of the molecule is C=CCN(C)C(=O)[C@H]1[C@H]2C(=O)N([C@@H](CO)[C@@H](C)CC)C(C(=O)N(CC=C)Cc3ccccc3)C23CC[C@]1(C)S3. The first-order valence-electron chi connectivity index (χ1n) is 14.0. The van der Waals surface area contributed by atoms with Gasteiger partial charge in [0, 0.05) is 31.4 Å². The zero-order valence-corrected chi connectivity index (χ0v) is 24.5. The van der Waals surface area contributed by atoms with E-state index in [-0.39, 0.29) is 30.2 Å². The number of benzene rings is 1. The largest absolute Gasteiger partial charge is 0.394 e. The predicted molar refractivity (Wildman–Crippen MR) is 156 cm³/mol. The van der Waals surface area contributed by atoms with Crippen molar-refractivity contribution in [3.05, 3.63) is 61.2 Å². The van der Waals surface area contributed by atoms with Crippen LogP contribution in [0.2, 0.25) is 0 Å². The summed E-state index contributed by atoms with van der Waals surface area (Å²) in [6, 6.07) is 8.53. The van der Waals surface area contributed by atoms with E-state index in [1.807, 2.05) is 44.2 Å². The molecule has 8 heteroatoms. The molecule has 1 N–H and O–H groups in total. The van der Waals surface area contributed by atoms with Crippen LogP contribution in [0.5, 0.6) is 0 Å². The second-order valence-electron chi connectivity index (χ2n) is 11.6. The number of likely N-dealkylation sites (N-methyl/N-ethyl adjacent to an activating group) is 1. The lowest BCUT2D eigenvalue weighted by atomic mass is 9.66. The zero-order chi connectivity index (χ0) is 28.5. The highest BCUT2D eigenvalue weighted by Crippen LogP contribution is 2.72. The van der Waals surface area contributed by atoms with Crippen LogP contribution in [0.1, 0.15) is 45.6 Å². The molecular weight excluding hydrogens is 510 g/mol. The van der Waals surface area contributed by atoms with Crippen molar-refractivity contribution < 1.29 is 19.5 Å². The lowest BCUT2D eigenvalue weighted by Gasteiger charge is -2.41. The average Bonchev–Trinajstić information content (AvgIpc) is 3.49. The van der Waals surface area contributed by atoms with Crippen molar-refractivity contribution in [2.75, 3.05) is 26.7 Å². The van der Waals surface area contributed by atoms with Crippen LogP contribution in [-0.2, 0) is 20.9 Å². The topological polar surface area (TPSA) is 81.2 Å². The number of amides is 3. The number of likely N-dealkylation sites (tertiary alicyclic amines) is 1. The van der Waals surface area contributed by atoms with E-state index in [0.717, 1.165) is 18.4 Å². The molecule has 39 heavy (non-hydrogen) atoms. The van der Waals surface area contributed by atoms with Gasteiger partial charge in [-0.25, -0.2) is 0 Å². The van der Waals surface area contributed by atoms with Gasteiger partial charge in [0.05, 0.1) is 29.2 Å². The Kier molecular flexibility index (Phi) is 8.67. The van der Waals surface area contributed by atoms with Crippen molar-refractivity contribution in [1.82, 2.24) is 14.7 Å². The number of carbonyl (C=O) groups is 3. The Balaban J connectivity index is 1.82. The van der Waals surface area contributed by atoms with Crippen molar-refractivity contribution in [2.45, 2.75) is 68.2 Å². The predicted octanol–water partition coefficient (Wildman–Crippen LogP) is 3.73. The van der Waals surface area contributed by atoms with Crippen LogP contribution < -0.4 is 0 Å². The molecule has 1 aromatic rings. The second kappa shape index (κ2) is 11.5. The monoisotopic (exact) mass is 553 g/mol. The third-order valence-electron chi connectivity index (χ3n) is 9.22. The molecule has 212 valence electrons. The molecule has 0 aliphatic carbocycles. The second-order valence-corrected chi connectivity index (χ2v) is 13.5. The van der Waals surface area contributed by atoms with Gasteiger partial charge >= 0.3 is 0 Å². The number of fused-ring (bicyclic) bond motifs is 1. The number of aliphatic hydroxyl groups is 1. The first-order chi connectivity index (χ1) is 18.6. The Morgan fingerprint density at radius 2 is 1.85 bits per heavy atom. The highest BCUT2D eigenvalue weighted by molar-refractivity contribution is 8.02.